The van der Waals surface area contributed by atoms with Crippen molar-refractivity contribution in [2.24, 2.45) is 5.16 Å². The molecule has 10 heteroatoms. The summed E-state index contributed by atoms with van der Waals surface area (Å²) in [4.78, 5) is 16.2. The summed E-state index contributed by atoms with van der Waals surface area (Å²) >= 11 is 5.85. The van der Waals surface area contributed by atoms with Gasteiger partial charge in [0, 0.05) is 17.3 Å². The number of halogens is 4. The quantitative estimate of drug-likeness (QED) is 0.707. The second kappa shape index (κ2) is 7.69. The molecule has 3 N–H and O–H groups in total. The first-order valence-electron chi connectivity index (χ1n) is 8.10. The van der Waals surface area contributed by atoms with Gasteiger partial charge in [-0.2, -0.15) is 13.2 Å². The lowest BCUT2D eigenvalue weighted by Gasteiger charge is -2.22. The topological polar surface area (TPSA) is 83.0 Å². The third kappa shape index (κ3) is 4.55. The molecule has 1 aliphatic rings. The number of benzene rings is 2. The Kier molecular flexibility index (Phi) is 5.48. The van der Waals surface area contributed by atoms with Crippen LogP contribution in [0.25, 0.3) is 0 Å². The van der Waals surface area contributed by atoms with E-state index in [1.54, 1.807) is 48.5 Å². The summed E-state index contributed by atoms with van der Waals surface area (Å²) in [5.41, 5.74) is 1.46. The summed E-state index contributed by atoms with van der Waals surface area (Å²) in [6.45, 7) is 0.123. The third-order valence-electron chi connectivity index (χ3n) is 3.95. The molecule has 1 unspecified atom stereocenters. The summed E-state index contributed by atoms with van der Waals surface area (Å²) in [5, 5.41) is 18.6. The van der Waals surface area contributed by atoms with Crippen LogP contribution >= 0.6 is 11.6 Å². The Morgan fingerprint density at radius 3 is 2.68 bits per heavy atom. The van der Waals surface area contributed by atoms with E-state index >= 15 is 0 Å². The van der Waals surface area contributed by atoms with Crippen LogP contribution in [0.15, 0.2) is 53.7 Å². The van der Waals surface area contributed by atoms with Crippen LogP contribution in [0.1, 0.15) is 17.5 Å². The highest BCUT2D eigenvalue weighted by Crippen LogP contribution is 2.38. The highest BCUT2D eigenvalue weighted by atomic mass is 35.5. The van der Waals surface area contributed by atoms with Crippen molar-refractivity contribution >= 4 is 29.0 Å². The second-order valence-electron chi connectivity index (χ2n) is 6.11. The van der Waals surface area contributed by atoms with Crippen LogP contribution in [0.3, 0.4) is 0 Å². The van der Waals surface area contributed by atoms with Gasteiger partial charge < -0.3 is 20.6 Å². The molecule has 1 atom stereocenters. The fourth-order valence-electron chi connectivity index (χ4n) is 2.51. The maximum atomic E-state index is 12.8. The van der Waals surface area contributed by atoms with Crippen molar-refractivity contribution in [1.82, 2.24) is 5.32 Å². The fraction of sp³-hybridized carbons (Fsp3) is 0.222. The van der Waals surface area contributed by atoms with Crippen molar-refractivity contribution in [3.8, 4) is 0 Å². The normalized spacial score (nSPS) is 19.0. The molecule has 6 nitrogen and oxygen atoms in total. The number of alkyl halides is 3. The van der Waals surface area contributed by atoms with Gasteiger partial charge in [-0.05, 0) is 35.4 Å². The third-order valence-corrected chi connectivity index (χ3v) is 4.19. The highest BCUT2D eigenvalue weighted by Gasteiger charge is 2.60. The van der Waals surface area contributed by atoms with Crippen LogP contribution in [-0.4, -0.2) is 28.8 Å². The molecule has 0 spiro atoms. The molecule has 3 rings (SSSR count). The van der Waals surface area contributed by atoms with Gasteiger partial charge in [0.1, 0.15) is 0 Å². The number of urea groups is 1. The molecule has 0 bridgehead atoms. The smallest absolute Gasteiger partial charge is 0.350 e. The monoisotopic (exact) mass is 413 g/mol. The van der Waals surface area contributed by atoms with E-state index in [0.29, 0.717) is 21.8 Å². The Hall–Kier alpha value is -2.78. The molecule has 0 aromatic heterocycles. The van der Waals surface area contributed by atoms with E-state index in [1.807, 2.05) is 0 Å². The van der Waals surface area contributed by atoms with Crippen molar-refractivity contribution in [2.45, 2.75) is 24.9 Å². The maximum Gasteiger partial charge on any atom is 0.458 e. The number of nitrogens with one attached hydrogen (secondary N) is 2. The second-order valence-corrected chi connectivity index (χ2v) is 6.54. The number of nitrogens with zero attached hydrogens (tertiary/aromatic N) is 1. The molecule has 2 aromatic rings. The maximum absolute atomic E-state index is 12.8. The van der Waals surface area contributed by atoms with E-state index in [-0.39, 0.29) is 12.3 Å². The number of amides is 2. The van der Waals surface area contributed by atoms with Gasteiger partial charge in [0.15, 0.2) is 0 Å². The zero-order valence-electron chi connectivity index (χ0n) is 14.3. The van der Waals surface area contributed by atoms with Gasteiger partial charge in [-0.3, -0.25) is 0 Å². The van der Waals surface area contributed by atoms with Crippen molar-refractivity contribution in [2.75, 3.05) is 5.32 Å². The Morgan fingerprint density at radius 1 is 1.25 bits per heavy atom. The van der Waals surface area contributed by atoms with Gasteiger partial charge in [-0.1, -0.05) is 41.0 Å². The van der Waals surface area contributed by atoms with Crippen LogP contribution in [0.2, 0.25) is 5.02 Å². The summed E-state index contributed by atoms with van der Waals surface area (Å²) in [6, 6.07) is 12.5. The van der Waals surface area contributed by atoms with Crippen LogP contribution in [-0.2, 0) is 11.4 Å². The lowest BCUT2D eigenvalue weighted by molar-refractivity contribution is -0.355. The molecular weight excluding hydrogens is 399 g/mol. The van der Waals surface area contributed by atoms with Gasteiger partial charge >= 0.3 is 18.0 Å². The fourth-order valence-corrected chi connectivity index (χ4v) is 2.70. The molecule has 0 radical (unpaired) electrons. The van der Waals surface area contributed by atoms with Crippen LogP contribution in [0, 0.1) is 0 Å². The largest absolute Gasteiger partial charge is 0.458 e. The lowest BCUT2D eigenvalue weighted by atomic mass is 10.0. The molecule has 0 saturated heterocycles. The highest BCUT2D eigenvalue weighted by molar-refractivity contribution is 6.30. The number of oxime groups is 1. The molecule has 2 amide bonds. The average molecular weight is 414 g/mol. The standard InChI is InChI=1S/C18H15ClF3N3O3/c19-13-5-2-6-14(8-13)24-16(26)23-10-11-3-1-4-12(7-11)15-9-17(27,28-25-15)18(20,21)22/h1-8,27H,9-10H2,(H2,23,24,26). The number of aliphatic hydroxyl groups is 1. The van der Waals surface area contributed by atoms with E-state index in [2.05, 4.69) is 20.6 Å². The van der Waals surface area contributed by atoms with Crippen LogP contribution < -0.4 is 10.6 Å². The van der Waals surface area contributed by atoms with E-state index in [1.165, 1.54) is 0 Å². The summed E-state index contributed by atoms with van der Waals surface area (Å²) in [6.07, 6.45) is -5.78. The first kappa shape index (κ1) is 20.0. The van der Waals surface area contributed by atoms with Crippen molar-refractivity contribution in [3.63, 3.8) is 0 Å². The minimum absolute atomic E-state index is 0.0370. The molecule has 2 aromatic carbocycles. The van der Waals surface area contributed by atoms with E-state index in [4.69, 9.17) is 11.6 Å². The summed E-state index contributed by atoms with van der Waals surface area (Å²) in [5.74, 6) is -3.33. The van der Waals surface area contributed by atoms with Gasteiger partial charge in [-0.25, -0.2) is 4.79 Å². The zero-order valence-corrected chi connectivity index (χ0v) is 15.0. The zero-order chi connectivity index (χ0) is 20.4. The van der Waals surface area contributed by atoms with E-state index < -0.39 is 24.4 Å². The molecule has 28 heavy (non-hydrogen) atoms. The number of rotatable bonds is 4. The Balaban J connectivity index is 1.60. The Labute approximate surface area is 162 Å². The van der Waals surface area contributed by atoms with Crippen molar-refractivity contribution in [1.29, 1.82) is 0 Å². The predicted octanol–water partition coefficient (Wildman–Crippen LogP) is 4.04. The van der Waals surface area contributed by atoms with Crippen LogP contribution in [0.5, 0.6) is 0 Å². The van der Waals surface area contributed by atoms with Gasteiger partial charge in [0.2, 0.25) is 0 Å². The van der Waals surface area contributed by atoms with Crippen LogP contribution in [0.4, 0.5) is 23.7 Å². The Bertz CT molecular complexity index is 920. The van der Waals surface area contributed by atoms with Gasteiger partial charge in [-0.15, -0.1) is 0 Å². The van der Waals surface area contributed by atoms with Gasteiger partial charge in [0.05, 0.1) is 12.1 Å². The SMILES string of the molecule is O=C(NCc1cccc(C2=NOC(O)(C(F)(F)F)C2)c1)Nc1cccc(Cl)c1. The number of anilines is 1. The summed E-state index contributed by atoms with van der Waals surface area (Å²) in [7, 11) is 0. The predicted molar refractivity (Wildman–Crippen MR) is 97.0 cm³/mol. The van der Waals surface area contributed by atoms with Crippen molar-refractivity contribution in [3.05, 3.63) is 64.7 Å². The molecule has 1 heterocycles. The van der Waals surface area contributed by atoms with E-state index in [0.717, 1.165) is 0 Å². The van der Waals surface area contributed by atoms with E-state index in [9.17, 15) is 23.1 Å². The molecule has 0 aliphatic carbocycles. The van der Waals surface area contributed by atoms with Gasteiger partial charge in [0.25, 0.3) is 0 Å². The average Bonchev–Trinajstić information content (AvgIpc) is 3.04. The summed E-state index contributed by atoms with van der Waals surface area (Å²) < 4.78 is 38.4. The molecule has 1 aliphatic heterocycles. The molecule has 0 saturated carbocycles. The number of carbonyl (C=O) groups excluding carboxylic acids is 1. The molecule has 0 fully saturated rings. The molecular formula is C18H15ClF3N3O3. The molecule has 148 valence electrons. The number of hydrogen-bond donors (Lipinski definition) is 3. The minimum atomic E-state index is -4.96. The van der Waals surface area contributed by atoms with Crippen molar-refractivity contribution < 1.29 is 27.9 Å². The lowest BCUT2D eigenvalue weighted by Crippen LogP contribution is -2.45. The first-order chi connectivity index (χ1) is 13.2. The Morgan fingerprint density at radius 2 is 2.00 bits per heavy atom. The number of hydrogen-bond acceptors (Lipinski definition) is 4. The number of carbonyl (C=O) groups is 1. The first-order valence-corrected chi connectivity index (χ1v) is 8.48. The minimum Gasteiger partial charge on any atom is -0.350 e.